The minimum Gasteiger partial charge on any atom is -0.496 e. The van der Waals surface area contributed by atoms with Crippen LogP contribution in [0.15, 0.2) is 18.2 Å². The van der Waals surface area contributed by atoms with E-state index >= 15 is 0 Å². The molecule has 94 valence electrons. The Hall–Kier alpha value is -1.62. The molecule has 0 saturated carbocycles. The molecule has 1 amide bonds. The van der Waals surface area contributed by atoms with Crippen LogP contribution in [0.25, 0.3) is 0 Å². The summed E-state index contributed by atoms with van der Waals surface area (Å²) in [5.74, 6) is -0.897. The molecule has 2 N–H and O–H groups in total. The lowest BCUT2D eigenvalue weighted by atomic mass is 10.1. The van der Waals surface area contributed by atoms with Crippen LogP contribution in [-0.4, -0.2) is 31.3 Å². The van der Waals surface area contributed by atoms with E-state index < -0.39 is 11.7 Å². The lowest BCUT2D eigenvalue weighted by Crippen LogP contribution is -2.26. The molecule has 0 saturated heterocycles. The van der Waals surface area contributed by atoms with Gasteiger partial charge in [0.2, 0.25) is 0 Å². The van der Waals surface area contributed by atoms with Crippen molar-refractivity contribution in [3.05, 3.63) is 29.6 Å². The third-order valence-corrected chi connectivity index (χ3v) is 2.29. The molecule has 0 unspecified atom stereocenters. The maximum absolute atomic E-state index is 13.5. The second kappa shape index (κ2) is 6.85. The Bertz CT molecular complexity index is 382. The first kappa shape index (κ1) is 13.4. The van der Waals surface area contributed by atoms with E-state index in [0.29, 0.717) is 19.4 Å². The highest BCUT2D eigenvalue weighted by molar-refractivity contribution is 5.97. The van der Waals surface area contributed by atoms with Crippen LogP contribution in [0.1, 0.15) is 23.2 Å². The van der Waals surface area contributed by atoms with Gasteiger partial charge >= 0.3 is 0 Å². The summed E-state index contributed by atoms with van der Waals surface area (Å²) >= 11 is 0. The van der Waals surface area contributed by atoms with Crippen LogP contribution in [0.2, 0.25) is 0 Å². The van der Waals surface area contributed by atoms with E-state index in [1.807, 2.05) is 0 Å². The van der Waals surface area contributed by atoms with E-state index in [-0.39, 0.29) is 17.9 Å². The summed E-state index contributed by atoms with van der Waals surface area (Å²) in [4.78, 5) is 11.7. The average molecular weight is 241 g/mol. The maximum Gasteiger partial charge on any atom is 0.258 e. The standard InChI is InChI=1S/C12H16FNO3/c1-17-10-6-4-5-9(13)11(10)12(16)14-7-2-3-8-15/h4-6,15H,2-3,7-8H2,1H3,(H,14,16). The Morgan fingerprint density at radius 3 is 2.88 bits per heavy atom. The normalized spacial score (nSPS) is 10.1. The number of ether oxygens (including phenoxy) is 1. The van der Waals surface area contributed by atoms with Gasteiger partial charge in [-0.1, -0.05) is 6.07 Å². The second-order valence-electron chi connectivity index (χ2n) is 3.50. The molecule has 0 bridgehead atoms. The number of methoxy groups -OCH3 is 1. The SMILES string of the molecule is COc1cccc(F)c1C(=O)NCCCCO. The first-order chi connectivity index (χ1) is 8.20. The highest BCUT2D eigenvalue weighted by atomic mass is 19.1. The van der Waals surface area contributed by atoms with E-state index in [9.17, 15) is 9.18 Å². The lowest BCUT2D eigenvalue weighted by molar-refractivity contribution is 0.0944. The molecule has 0 aliphatic carbocycles. The van der Waals surface area contributed by atoms with Crippen molar-refractivity contribution >= 4 is 5.91 Å². The van der Waals surface area contributed by atoms with Gasteiger partial charge in [-0.15, -0.1) is 0 Å². The van der Waals surface area contributed by atoms with Crippen LogP contribution in [0.4, 0.5) is 4.39 Å². The van der Waals surface area contributed by atoms with Crippen molar-refractivity contribution in [2.24, 2.45) is 0 Å². The van der Waals surface area contributed by atoms with E-state index in [2.05, 4.69) is 5.32 Å². The topological polar surface area (TPSA) is 58.6 Å². The van der Waals surface area contributed by atoms with Crippen LogP contribution in [0, 0.1) is 5.82 Å². The average Bonchev–Trinajstić information content (AvgIpc) is 2.34. The van der Waals surface area contributed by atoms with Gasteiger partial charge in [-0.3, -0.25) is 4.79 Å². The smallest absolute Gasteiger partial charge is 0.258 e. The van der Waals surface area contributed by atoms with Gasteiger partial charge in [0.1, 0.15) is 17.1 Å². The molecule has 5 heteroatoms. The number of amides is 1. The predicted molar refractivity (Wildman–Crippen MR) is 61.6 cm³/mol. The molecule has 0 aliphatic heterocycles. The zero-order valence-electron chi connectivity index (χ0n) is 9.70. The lowest BCUT2D eigenvalue weighted by Gasteiger charge is -2.09. The molecule has 1 aromatic rings. The molecule has 1 rings (SSSR count). The summed E-state index contributed by atoms with van der Waals surface area (Å²) in [7, 11) is 1.39. The quantitative estimate of drug-likeness (QED) is 0.739. The number of nitrogens with one attached hydrogen (secondary N) is 1. The minimum atomic E-state index is -0.607. The molecule has 0 aliphatic rings. The second-order valence-corrected chi connectivity index (χ2v) is 3.50. The fourth-order valence-corrected chi connectivity index (χ4v) is 1.42. The first-order valence-corrected chi connectivity index (χ1v) is 5.42. The largest absolute Gasteiger partial charge is 0.496 e. The monoisotopic (exact) mass is 241 g/mol. The number of hydrogen-bond donors (Lipinski definition) is 2. The van der Waals surface area contributed by atoms with Crippen molar-refractivity contribution in [1.82, 2.24) is 5.32 Å². The van der Waals surface area contributed by atoms with Crippen LogP contribution in [0.3, 0.4) is 0 Å². The molecular formula is C12H16FNO3. The third-order valence-electron chi connectivity index (χ3n) is 2.29. The Morgan fingerprint density at radius 2 is 2.24 bits per heavy atom. The van der Waals surface area contributed by atoms with Gasteiger partial charge in [-0.05, 0) is 25.0 Å². The van der Waals surface area contributed by atoms with Crippen LogP contribution >= 0.6 is 0 Å². The minimum absolute atomic E-state index is 0.0822. The number of aliphatic hydroxyl groups is 1. The molecule has 0 spiro atoms. The molecule has 0 fully saturated rings. The number of hydrogen-bond acceptors (Lipinski definition) is 3. The first-order valence-electron chi connectivity index (χ1n) is 5.42. The number of aliphatic hydroxyl groups excluding tert-OH is 1. The van der Waals surface area contributed by atoms with Gasteiger partial charge < -0.3 is 15.2 Å². The van der Waals surface area contributed by atoms with Crippen molar-refractivity contribution in [2.75, 3.05) is 20.3 Å². The molecule has 0 heterocycles. The highest BCUT2D eigenvalue weighted by Gasteiger charge is 2.16. The van der Waals surface area contributed by atoms with E-state index in [1.54, 1.807) is 0 Å². The number of benzene rings is 1. The predicted octanol–water partition coefficient (Wildman–Crippen LogP) is 1.34. The van der Waals surface area contributed by atoms with Crippen molar-refractivity contribution in [3.63, 3.8) is 0 Å². The highest BCUT2D eigenvalue weighted by Crippen LogP contribution is 2.20. The summed E-state index contributed by atoms with van der Waals surface area (Å²) in [6.07, 6.45) is 1.26. The number of halogens is 1. The molecular weight excluding hydrogens is 225 g/mol. The van der Waals surface area contributed by atoms with E-state index in [1.165, 1.54) is 25.3 Å². The summed E-state index contributed by atoms with van der Waals surface area (Å²) < 4.78 is 18.4. The van der Waals surface area contributed by atoms with Crippen LogP contribution in [-0.2, 0) is 0 Å². The number of rotatable bonds is 6. The summed E-state index contributed by atoms with van der Waals surface area (Å²) in [6, 6.07) is 4.23. The van der Waals surface area contributed by atoms with Gasteiger partial charge in [-0.25, -0.2) is 4.39 Å². The fourth-order valence-electron chi connectivity index (χ4n) is 1.42. The summed E-state index contributed by atoms with van der Waals surface area (Å²) in [6.45, 7) is 0.482. The van der Waals surface area contributed by atoms with Gasteiger partial charge in [0, 0.05) is 13.2 Å². The van der Waals surface area contributed by atoms with Gasteiger partial charge in [0.05, 0.1) is 7.11 Å². The zero-order chi connectivity index (χ0) is 12.7. The van der Waals surface area contributed by atoms with Crippen LogP contribution < -0.4 is 10.1 Å². The van der Waals surface area contributed by atoms with Crippen molar-refractivity contribution in [1.29, 1.82) is 0 Å². The van der Waals surface area contributed by atoms with Gasteiger partial charge in [-0.2, -0.15) is 0 Å². The molecule has 0 aromatic heterocycles. The van der Waals surface area contributed by atoms with Crippen molar-refractivity contribution < 1.29 is 19.0 Å². The fraction of sp³-hybridized carbons (Fsp3) is 0.417. The molecule has 17 heavy (non-hydrogen) atoms. The summed E-state index contributed by atoms with van der Waals surface area (Å²) in [5.41, 5.74) is -0.0843. The molecule has 0 radical (unpaired) electrons. The summed E-state index contributed by atoms with van der Waals surface area (Å²) in [5, 5.41) is 11.2. The Kier molecular flexibility index (Phi) is 5.42. The molecule has 0 atom stereocenters. The zero-order valence-corrected chi connectivity index (χ0v) is 9.70. The number of carbonyl (C=O) groups excluding carboxylic acids is 1. The van der Waals surface area contributed by atoms with Crippen molar-refractivity contribution in [3.8, 4) is 5.75 Å². The Labute approximate surface area is 99.4 Å². The molecule has 4 nitrogen and oxygen atoms in total. The number of unbranched alkanes of at least 4 members (excludes halogenated alkanes) is 1. The van der Waals surface area contributed by atoms with E-state index in [4.69, 9.17) is 9.84 Å². The Morgan fingerprint density at radius 1 is 1.47 bits per heavy atom. The van der Waals surface area contributed by atoms with Crippen molar-refractivity contribution in [2.45, 2.75) is 12.8 Å². The van der Waals surface area contributed by atoms with E-state index in [0.717, 1.165) is 0 Å². The third kappa shape index (κ3) is 3.71. The van der Waals surface area contributed by atoms with Gasteiger partial charge in [0.25, 0.3) is 5.91 Å². The Balaban J connectivity index is 2.68. The maximum atomic E-state index is 13.5. The van der Waals surface area contributed by atoms with Gasteiger partial charge in [0.15, 0.2) is 0 Å². The van der Waals surface area contributed by atoms with Crippen LogP contribution in [0.5, 0.6) is 5.75 Å². The molecule has 1 aromatic carbocycles. The number of carbonyl (C=O) groups is 1.